The van der Waals surface area contributed by atoms with Gasteiger partial charge < -0.3 is 14.5 Å². The first-order valence-corrected chi connectivity index (χ1v) is 10.3. The van der Waals surface area contributed by atoms with Gasteiger partial charge in [-0.15, -0.1) is 12.4 Å². The maximum Gasteiger partial charge on any atom is 0.272 e. The molecule has 0 N–H and O–H groups in total. The summed E-state index contributed by atoms with van der Waals surface area (Å²) in [5, 5.41) is 0. The summed E-state index contributed by atoms with van der Waals surface area (Å²) in [6.07, 6.45) is 4.75. The van der Waals surface area contributed by atoms with Crippen LogP contribution in [0, 0.1) is 0 Å². The van der Waals surface area contributed by atoms with Crippen LogP contribution < -0.4 is 0 Å². The number of aromatic nitrogens is 1. The molecule has 0 aliphatic carbocycles. The number of benzene rings is 1. The molecule has 6 heteroatoms. The van der Waals surface area contributed by atoms with Crippen LogP contribution in [0.1, 0.15) is 35.8 Å². The predicted octanol–water partition coefficient (Wildman–Crippen LogP) is 3.44. The summed E-state index contributed by atoms with van der Waals surface area (Å²) in [6, 6.07) is 16.2. The molecule has 1 aromatic carbocycles. The van der Waals surface area contributed by atoms with E-state index in [-0.39, 0.29) is 30.0 Å². The van der Waals surface area contributed by atoms with Crippen LogP contribution >= 0.6 is 12.4 Å². The van der Waals surface area contributed by atoms with E-state index in [2.05, 4.69) is 47.1 Å². The number of hydrogen-bond acceptors (Lipinski definition) is 4. The van der Waals surface area contributed by atoms with Crippen molar-refractivity contribution in [1.82, 2.24) is 14.8 Å². The van der Waals surface area contributed by atoms with E-state index in [0.717, 1.165) is 38.9 Å². The molecule has 156 valence electrons. The summed E-state index contributed by atoms with van der Waals surface area (Å²) in [6.45, 7) is 6.48. The number of ether oxygens (including phenoxy) is 1. The quantitative estimate of drug-likeness (QED) is 0.767. The first-order chi connectivity index (χ1) is 13.6. The number of rotatable bonds is 4. The Morgan fingerprint density at radius 3 is 2.55 bits per heavy atom. The van der Waals surface area contributed by atoms with Gasteiger partial charge in [0.05, 0.1) is 18.2 Å². The summed E-state index contributed by atoms with van der Waals surface area (Å²) in [5.74, 6) is 0.0154. The average molecular weight is 416 g/mol. The monoisotopic (exact) mass is 415 g/mol. The van der Waals surface area contributed by atoms with Gasteiger partial charge in [0.1, 0.15) is 5.69 Å². The number of morpholine rings is 1. The van der Waals surface area contributed by atoms with Crippen LogP contribution in [-0.4, -0.2) is 65.1 Å². The van der Waals surface area contributed by atoms with Gasteiger partial charge in [0.25, 0.3) is 5.91 Å². The Hall–Kier alpha value is -1.95. The molecule has 5 nitrogen and oxygen atoms in total. The van der Waals surface area contributed by atoms with Crippen LogP contribution in [0.25, 0.3) is 0 Å². The lowest BCUT2D eigenvalue weighted by Gasteiger charge is -2.49. The van der Waals surface area contributed by atoms with Crippen LogP contribution in [0.3, 0.4) is 0 Å². The molecule has 1 amide bonds. The molecule has 2 aromatic rings. The lowest BCUT2D eigenvalue weighted by molar-refractivity contribution is -0.161. The third kappa shape index (κ3) is 5.35. The molecule has 2 fully saturated rings. The topological polar surface area (TPSA) is 45.7 Å². The largest absolute Gasteiger partial charge is 0.368 e. The van der Waals surface area contributed by atoms with E-state index in [1.807, 2.05) is 17.0 Å². The highest BCUT2D eigenvalue weighted by Gasteiger charge is 2.43. The molecule has 2 aliphatic rings. The second kappa shape index (κ2) is 9.70. The number of hydrogen-bond donors (Lipinski definition) is 0. The van der Waals surface area contributed by atoms with Gasteiger partial charge in [-0.3, -0.25) is 9.78 Å². The SMILES string of the molecule is C[C@H]1CN(C(=O)c2ccccn2)CC2(CCN(CCc3ccccc3)CC2)O1.Cl. The van der Waals surface area contributed by atoms with Crippen molar-refractivity contribution in [3.63, 3.8) is 0 Å². The molecule has 1 aromatic heterocycles. The van der Waals surface area contributed by atoms with Gasteiger partial charge in [-0.2, -0.15) is 0 Å². The normalized spacial score (nSPS) is 21.6. The molecule has 2 aliphatic heterocycles. The number of amides is 1. The Bertz CT molecular complexity index is 779. The molecule has 1 spiro atoms. The van der Waals surface area contributed by atoms with Crippen molar-refractivity contribution >= 4 is 18.3 Å². The van der Waals surface area contributed by atoms with Gasteiger partial charge in [0, 0.05) is 32.4 Å². The Kier molecular flexibility index (Phi) is 7.28. The van der Waals surface area contributed by atoms with Crippen molar-refractivity contribution in [3.05, 3.63) is 66.0 Å². The van der Waals surface area contributed by atoms with Gasteiger partial charge in [0.15, 0.2) is 0 Å². The highest BCUT2D eigenvalue weighted by atomic mass is 35.5. The van der Waals surface area contributed by atoms with Crippen molar-refractivity contribution in [3.8, 4) is 0 Å². The van der Waals surface area contributed by atoms with E-state index in [9.17, 15) is 4.79 Å². The molecule has 0 unspecified atom stereocenters. The van der Waals surface area contributed by atoms with E-state index >= 15 is 0 Å². The van der Waals surface area contributed by atoms with Crippen LogP contribution in [0.15, 0.2) is 54.7 Å². The molecule has 3 heterocycles. The number of carbonyl (C=O) groups is 1. The van der Waals surface area contributed by atoms with E-state index in [1.54, 1.807) is 12.3 Å². The van der Waals surface area contributed by atoms with Crippen molar-refractivity contribution < 1.29 is 9.53 Å². The number of likely N-dealkylation sites (tertiary alicyclic amines) is 1. The van der Waals surface area contributed by atoms with E-state index < -0.39 is 0 Å². The molecular weight excluding hydrogens is 386 g/mol. The minimum atomic E-state index is -0.217. The summed E-state index contributed by atoms with van der Waals surface area (Å²) in [4.78, 5) is 21.6. The smallest absolute Gasteiger partial charge is 0.272 e. The Morgan fingerprint density at radius 1 is 1.14 bits per heavy atom. The van der Waals surface area contributed by atoms with Crippen molar-refractivity contribution in [2.75, 3.05) is 32.7 Å². The minimum absolute atomic E-state index is 0. The fourth-order valence-corrected chi connectivity index (χ4v) is 4.42. The average Bonchev–Trinajstić information content (AvgIpc) is 2.74. The molecule has 4 rings (SSSR count). The Morgan fingerprint density at radius 2 is 1.86 bits per heavy atom. The van der Waals surface area contributed by atoms with Gasteiger partial charge >= 0.3 is 0 Å². The molecule has 0 saturated carbocycles. The third-order valence-electron chi connectivity index (χ3n) is 5.91. The van der Waals surface area contributed by atoms with Crippen molar-refractivity contribution in [2.45, 2.75) is 37.9 Å². The fourth-order valence-electron chi connectivity index (χ4n) is 4.42. The first kappa shape index (κ1) is 21.8. The molecule has 0 radical (unpaired) electrons. The Labute approximate surface area is 179 Å². The number of piperidine rings is 1. The van der Waals surface area contributed by atoms with Gasteiger partial charge in [0.2, 0.25) is 0 Å². The van der Waals surface area contributed by atoms with Gasteiger partial charge in [-0.05, 0) is 43.9 Å². The zero-order valence-corrected chi connectivity index (χ0v) is 17.8. The molecule has 0 bridgehead atoms. The van der Waals surface area contributed by atoms with Crippen LogP contribution in [0.5, 0.6) is 0 Å². The number of carbonyl (C=O) groups excluding carboxylic acids is 1. The van der Waals surface area contributed by atoms with Crippen LogP contribution in [-0.2, 0) is 11.2 Å². The lowest BCUT2D eigenvalue weighted by Crippen LogP contribution is -2.60. The highest BCUT2D eigenvalue weighted by molar-refractivity contribution is 5.92. The van der Waals surface area contributed by atoms with Crippen LogP contribution in [0.2, 0.25) is 0 Å². The van der Waals surface area contributed by atoms with Gasteiger partial charge in [-0.1, -0.05) is 36.4 Å². The Balaban J connectivity index is 0.00000240. The van der Waals surface area contributed by atoms with E-state index in [0.29, 0.717) is 18.8 Å². The molecular formula is C23H30ClN3O2. The summed E-state index contributed by atoms with van der Waals surface area (Å²) < 4.78 is 6.40. The zero-order valence-electron chi connectivity index (χ0n) is 17.0. The maximum atomic E-state index is 12.9. The predicted molar refractivity (Wildman–Crippen MR) is 116 cm³/mol. The number of nitrogens with zero attached hydrogens (tertiary/aromatic N) is 3. The minimum Gasteiger partial charge on any atom is -0.368 e. The molecule has 29 heavy (non-hydrogen) atoms. The third-order valence-corrected chi connectivity index (χ3v) is 5.91. The highest BCUT2D eigenvalue weighted by Crippen LogP contribution is 2.33. The maximum absolute atomic E-state index is 12.9. The standard InChI is InChI=1S/C23H29N3O2.ClH/c1-19-17-26(22(27)21-9-5-6-13-24-21)18-23(28-19)11-15-25(16-12-23)14-10-20-7-3-2-4-8-20;/h2-9,13,19H,10-12,14-18H2,1H3;1H/t19-;/m0./s1. The van der Waals surface area contributed by atoms with Crippen molar-refractivity contribution in [2.24, 2.45) is 0 Å². The zero-order chi connectivity index (χ0) is 19.4. The number of pyridine rings is 1. The molecule has 1 atom stereocenters. The lowest BCUT2D eigenvalue weighted by atomic mass is 9.88. The van der Waals surface area contributed by atoms with Crippen LogP contribution in [0.4, 0.5) is 0 Å². The van der Waals surface area contributed by atoms with Gasteiger partial charge in [-0.25, -0.2) is 0 Å². The summed E-state index contributed by atoms with van der Waals surface area (Å²) >= 11 is 0. The number of halogens is 1. The molecule has 2 saturated heterocycles. The van der Waals surface area contributed by atoms with E-state index in [4.69, 9.17) is 4.74 Å². The summed E-state index contributed by atoms with van der Waals surface area (Å²) in [7, 11) is 0. The van der Waals surface area contributed by atoms with E-state index in [1.165, 1.54) is 5.56 Å². The second-order valence-electron chi connectivity index (χ2n) is 8.09. The fraction of sp³-hybridized carbons (Fsp3) is 0.478. The first-order valence-electron chi connectivity index (χ1n) is 10.3. The second-order valence-corrected chi connectivity index (χ2v) is 8.09. The van der Waals surface area contributed by atoms with Crippen molar-refractivity contribution in [1.29, 1.82) is 0 Å². The summed E-state index contributed by atoms with van der Waals surface area (Å²) in [5.41, 5.74) is 1.69.